The summed E-state index contributed by atoms with van der Waals surface area (Å²) >= 11 is 0. The van der Waals surface area contributed by atoms with E-state index < -0.39 is 28.6 Å². The Kier molecular flexibility index (Phi) is 6.87. The predicted octanol–water partition coefficient (Wildman–Crippen LogP) is 5.38. The number of nitriles is 1. The Balaban J connectivity index is 1.40. The van der Waals surface area contributed by atoms with Crippen LogP contribution in [-0.2, 0) is 27.8 Å². The molecule has 0 saturated heterocycles. The molecule has 1 aliphatic carbocycles. The van der Waals surface area contributed by atoms with Gasteiger partial charge in [-0.05, 0) is 76.1 Å². The van der Waals surface area contributed by atoms with Gasteiger partial charge in [-0.2, -0.15) is 10.2 Å². The molecule has 10 heteroatoms. The number of ether oxygens (including phenoxy) is 1. The zero-order valence-electron chi connectivity index (χ0n) is 22.3. The first-order valence-corrected chi connectivity index (χ1v) is 13.2. The zero-order valence-corrected chi connectivity index (χ0v) is 22.3. The van der Waals surface area contributed by atoms with Gasteiger partial charge in [-0.25, -0.2) is 23.1 Å². The number of halogens is 2. The fourth-order valence-electron chi connectivity index (χ4n) is 5.91. The van der Waals surface area contributed by atoms with E-state index in [4.69, 9.17) is 4.74 Å². The second-order valence-electron chi connectivity index (χ2n) is 11.2. The van der Waals surface area contributed by atoms with Crippen molar-refractivity contribution in [2.45, 2.75) is 83.2 Å². The fourth-order valence-corrected chi connectivity index (χ4v) is 5.91. The molecule has 3 aromatic rings. The van der Waals surface area contributed by atoms with Crippen molar-refractivity contribution in [1.29, 1.82) is 5.26 Å². The topological polar surface area (TPSA) is 113 Å². The molecule has 1 atom stereocenters. The Morgan fingerprint density at radius 1 is 1.23 bits per heavy atom. The smallest absolute Gasteiger partial charge is 0.338 e. The van der Waals surface area contributed by atoms with Crippen LogP contribution >= 0.6 is 0 Å². The maximum atomic E-state index is 14.9. The molecule has 1 saturated carbocycles. The maximum Gasteiger partial charge on any atom is 0.338 e. The summed E-state index contributed by atoms with van der Waals surface area (Å²) in [6, 6.07) is 6.23. The molecule has 2 aromatic heterocycles. The van der Waals surface area contributed by atoms with E-state index in [-0.39, 0.29) is 42.1 Å². The number of carbonyl (C=O) groups excluding carboxylic acids is 1. The number of carbonyl (C=O) groups is 1. The lowest BCUT2D eigenvalue weighted by Gasteiger charge is -2.41. The Hall–Kier alpha value is -3.87. The van der Waals surface area contributed by atoms with Crippen molar-refractivity contribution in [2.75, 3.05) is 0 Å². The van der Waals surface area contributed by atoms with Crippen molar-refractivity contribution in [1.82, 2.24) is 19.6 Å². The van der Waals surface area contributed by atoms with Crippen LogP contribution in [0.25, 0.3) is 5.78 Å². The largest absolute Gasteiger partial charge is 0.512 e. The molecule has 3 heterocycles. The number of fused-ring (bicyclic) bond motifs is 1. The molecule has 8 nitrogen and oxygen atoms in total. The minimum atomic E-state index is -1.31. The van der Waals surface area contributed by atoms with E-state index in [2.05, 4.69) is 15.1 Å². The number of rotatable bonds is 7. The van der Waals surface area contributed by atoms with Gasteiger partial charge in [-0.3, -0.25) is 0 Å². The van der Waals surface area contributed by atoms with E-state index in [1.54, 1.807) is 12.3 Å². The number of aryl methyl sites for hydroxylation is 2. The summed E-state index contributed by atoms with van der Waals surface area (Å²) in [4.78, 5) is 22.0. The molecule has 0 radical (unpaired) electrons. The molecule has 1 aromatic carbocycles. The van der Waals surface area contributed by atoms with Crippen molar-refractivity contribution in [2.24, 2.45) is 5.92 Å². The maximum absolute atomic E-state index is 14.9. The first kappa shape index (κ1) is 26.7. The number of benzene rings is 1. The molecule has 39 heavy (non-hydrogen) atoms. The van der Waals surface area contributed by atoms with Crippen LogP contribution in [0.15, 0.2) is 35.7 Å². The molecule has 5 rings (SSSR count). The van der Waals surface area contributed by atoms with Crippen LogP contribution in [0.3, 0.4) is 0 Å². The van der Waals surface area contributed by atoms with Gasteiger partial charge in [0.05, 0.1) is 17.1 Å². The summed E-state index contributed by atoms with van der Waals surface area (Å²) in [6.07, 6.45) is 6.05. The van der Waals surface area contributed by atoms with Crippen LogP contribution in [0.5, 0.6) is 0 Å². The van der Waals surface area contributed by atoms with Gasteiger partial charge in [-0.15, -0.1) is 5.10 Å². The van der Waals surface area contributed by atoms with Gasteiger partial charge in [-0.1, -0.05) is 12.8 Å². The molecule has 0 bridgehead atoms. The normalized spacial score (nSPS) is 20.5. The molecule has 204 valence electrons. The number of aliphatic hydroxyl groups excluding tert-OH is 1. The Bertz CT molecular complexity index is 1490. The van der Waals surface area contributed by atoms with E-state index in [1.807, 2.05) is 13.0 Å². The Morgan fingerprint density at radius 3 is 2.56 bits per heavy atom. The Morgan fingerprint density at radius 2 is 1.92 bits per heavy atom. The molecule has 2 aliphatic rings. The van der Waals surface area contributed by atoms with E-state index in [0.29, 0.717) is 23.6 Å². The summed E-state index contributed by atoms with van der Waals surface area (Å²) in [5.74, 6) is -1.48. The number of esters is 1. The average molecular weight is 536 g/mol. The lowest BCUT2D eigenvalue weighted by atomic mass is 9.76. The van der Waals surface area contributed by atoms with Crippen LogP contribution in [0.2, 0.25) is 0 Å². The van der Waals surface area contributed by atoms with Crippen LogP contribution in [0.4, 0.5) is 8.78 Å². The second-order valence-corrected chi connectivity index (χ2v) is 11.2. The molecular weight excluding hydrogens is 504 g/mol. The first-order chi connectivity index (χ1) is 18.5. The van der Waals surface area contributed by atoms with Gasteiger partial charge in [0.15, 0.2) is 5.82 Å². The number of nitrogens with zero attached hydrogens (tertiary/aromatic N) is 5. The van der Waals surface area contributed by atoms with Crippen molar-refractivity contribution in [3.05, 3.63) is 70.0 Å². The highest BCUT2D eigenvalue weighted by molar-refractivity contribution is 5.90. The van der Waals surface area contributed by atoms with Gasteiger partial charge < -0.3 is 9.84 Å². The van der Waals surface area contributed by atoms with E-state index in [1.165, 1.54) is 30.5 Å². The van der Waals surface area contributed by atoms with Gasteiger partial charge in [0.2, 0.25) is 0 Å². The molecule has 0 spiro atoms. The second kappa shape index (κ2) is 10.0. The monoisotopic (exact) mass is 535 g/mol. The summed E-state index contributed by atoms with van der Waals surface area (Å²) in [5, 5.41) is 24.8. The van der Waals surface area contributed by atoms with Gasteiger partial charge in [0, 0.05) is 30.3 Å². The highest BCUT2D eigenvalue weighted by Gasteiger charge is 2.48. The van der Waals surface area contributed by atoms with Crippen LogP contribution in [-0.4, -0.2) is 36.3 Å². The molecule has 1 aliphatic heterocycles. The third-order valence-corrected chi connectivity index (χ3v) is 8.03. The number of hydrogen-bond acceptors (Lipinski definition) is 7. The first-order valence-electron chi connectivity index (χ1n) is 13.2. The van der Waals surface area contributed by atoms with Crippen LogP contribution in [0.1, 0.15) is 75.0 Å². The third kappa shape index (κ3) is 5.10. The molecular formula is C29H31F2N5O3. The number of hydrogen-bond donors (Lipinski definition) is 1. The SMILES string of the molecule is Cc1ccn2nc(CC3=C(O)CC(CCc4cc(F)c(C(C)(C)C#N)c(F)c4)(C4CCCC4)OC3=O)nc2n1. The van der Waals surface area contributed by atoms with Crippen LogP contribution < -0.4 is 0 Å². The summed E-state index contributed by atoms with van der Waals surface area (Å²) in [5.41, 5.74) is -1.26. The van der Waals surface area contributed by atoms with Crippen molar-refractivity contribution >= 4 is 11.7 Å². The van der Waals surface area contributed by atoms with Gasteiger partial charge >= 0.3 is 5.97 Å². The van der Waals surface area contributed by atoms with Crippen molar-refractivity contribution in [3.8, 4) is 6.07 Å². The van der Waals surface area contributed by atoms with E-state index >= 15 is 0 Å². The zero-order chi connectivity index (χ0) is 27.9. The summed E-state index contributed by atoms with van der Waals surface area (Å²) < 4.78 is 37.4. The molecule has 0 amide bonds. The van der Waals surface area contributed by atoms with Gasteiger partial charge in [0.1, 0.15) is 23.0 Å². The molecule has 1 fully saturated rings. The lowest BCUT2D eigenvalue weighted by molar-refractivity contribution is -0.167. The van der Waals surface area contributed by atoms with E-state index in [0.717, 1.165) is 31.4 Å². The third-order valence-electron chi connectivity index (χ3n) is 8.03. The average Bonchev–Trinajstić information content (AvgIpc) is 3.55. The van der Waals surface area contributed by atoms with Gasteiger partial charge in [0.25, 0.3) is 5.78 Å². The van der Waals surface area contributed by atoms with Crippen molar-refractivity contribution in [3.63, 3.8) is 0 Å². The Labute approximate surface area is 225 Å². The standard InChI is InChI=1S/C29H31F2N5O3/c1-17-9-11-36-27(33-17)34-24(35-36)14-20-23(37)15-29(39-26(20)38,19-6-4-5-7-19)10-8-18-12-21(30)25(22(31)13-18)28(2,3)16-32/h9,11-13,19,37H,4-8,10,14-15H2,1-3H3. The van der Waals surface area contributed by atoms with E-state index in [9.17, 15) is 23.9 Å². The number of cyclic esters (lactones) is 1. The van der Waals surface area contributed by atoms with Crippen LogP contribution in [0, 0.1) is 35.8 Å². The molecule has 1 N–H and O–H groups in total. The summed E-state index contributed by atoms with van der Waals surface area (Å²) in [6.45, 7) is 4.78. The minimum Gasteiger partial charge on any atom is -0.512 e. The summed E-state index contributed by atoms with van der Waals surface area (Å²) in [7, 11) is 0. The molecule has 1 unspecified atom stereocenters. The predicted molar refractivity (Wildman–Crippen MR) is 138 cm³/mol. The number of aliphatic hydroxyl groups is 1. The van der Waals surface area contributed by atoms with Crippen molar-refractivity contribution < 1.29 is 23.4 Å². The highest BCUT2D eigenvalue weighted by Crippen LogP contribution is 2.46. The lowest BCUT2D eigenvalue weighted by Crippen LogP contribution is -2.46. The quantitative estimate of drug-likeness (QED) is 0.404. The minimum absolute atomic E-state index is 0.000381. The number of aromatic nitrogens is 4. The fraction of sp³-hybridized carbons (Fsp3) is 0.483. The highest BCUT2D eigenvalue weighted by atomic mass is 19.1.